The van der Waals surface area contributed by atoms with Crippen LogP contribution in [0.2, 0.25) is 10.0 Å². The molecule has 0 saturated carbocycles. The maximum atomic E-state index is 11.7. The van der Waals surface area contributed by atoms with Gasteiger partial charge in [-0.25, -0.2) is 4.79 Å². The fourth-order valence-corrected chi connectivity index (χ4v) is 1.86. The minimum absolute atomic E-state index is 0.282. The highest BCUT2D eigenvalue weighted by Gasteiger charge is 2.19. The van der Waals surface area contributed by atoms with E-state index in [1.54, 1.807) is 12.1 Å². The highest BCUT2D eigenvalue weighted by Crippen LogP contribution is 2.28. The van der Waals surface area contributed by atoms with E-state index >= 15 is 0 Å². The lowest BCUT2D eigenvalue weighted by Crippen LogP contribution is -2.34. The molecule has 0 aliphatic rings. The lowest BCUT2D eigenvalue weighted by molar-refractivity contribution is -0.154. The molecular weight excluding hydrogens is 333 g/mol. The molecule has 0 spiro atoms. The monoisotopic (exact) mass is 349 g/mol. The summed E-state index contributed by atoms with van der Waals surface area (Å²) < 4.78 is 15.0. The molecule has 0 bridgehead atoms. The molecule has 0 saturated heterocycles. The number of ether oxygens (including phenoxy) is 3. The molecule has 0 aliphatic carbocycles. The average molecular weight is 350 g/mol. The summed E-state index contributed by atoms with van der Waals surface area (Å²) >= 11 is 11.7. The van der Waals surface area contributed by atoms with Crippen LogP contribution in [-0.2, 0) is 19.1 Å². The highest BCUT2D eigenvalue weighted by molar-refractivity contribution is 6.35. The molecule has 1 aromatic rings. The fraction of sp³-hybridized carbons (Fsp3) is 0.429. The summed E-state index contributed by atoms with van der Waals surface area (Å²) in [4.78, 5) is 23.1. The first-order chi connectivity index (χ1) is 10.4. The lowest BCUT2D eigenvalue weighted by atomic mass is 10.3. The van der Waals surface area contributed by atoms with Crippen molar-refractivity contribution in [2.75, 3.05) is 26.9 Å². The lowest BCUT2D eigenvalue weighted by Gasteiger charge is -2.15. The Morgan fingerprint density at radius 1 is 1.32 bits per heavy atom. The Morgan fingerprint density at radius 3 is 2.68 bits per heavy atom. The Labute approximate surface area is 138 Å². The molecule has 22 heavy (non-hydrogen) atoms. The maximum Gasteiger partial charge on any atom is 0.347 e. The van der Waals surface area contributed by atoms with Gasteiger partial charge in [0.05, 0.1) is 11.6 Å². The summed E-state index contributed by atoms with van der Waals surface area (Å²) in [5, 5.41) is 3.27. The van der Waals surface area contributed by atoms with Crippen molar-refractivity contribution in [1.82, 2.24) is 5.32 Å². The first-order valence-corrected chi connectivity index (χ1v) is 7.23. The van der Waals surface area contributed by atoms with E-state index in [0.29, 0.717) is 23.9 Å². The van der Waals surface area contributed by atoms with Crippen molar-refractivity contribution in [2.45, 2.75) is 13.0 Å². The number of benzene rings is 1. The van der Waals surface area contributed by atoms with E-state index < -0.39 is 18.0 Å². The largest absolute Gasteiger partial charge is 0.477 e. The van der Waals surface area contributed by atoms with Gasteiger partial charge in [-0.3, -0.25) is 4.79 Å². The van der Waals surface area contributed by atoms with E-state index in [1.165, 1.54) is 20.1 Å². The molecule has 1 amide bonds. The van der Waals surface area contributed by atoms with Crippen molar-refractivity contribution in [2.24, 2.45) is 0 Å². The third kappa shape index (κ3) is 6.51. The van der Waals surface area contributed by atoms with Crippen LogP contribution in [0.25, 0.3) is 0 Å². The summed E-state index contributed by atoms with van der Waals surface area (Å²) in [6.07, 6.45) is -0.912. The molecule has 1 aromatic carbocycles. The van der Waals surface area contributed by atoms with Gasteiger partial charge >= 0.3 is 5.97 Å². The standard InChI is InChI=1S/C14H17Cl2NO5/c1-9(22-12-4-3-10(15)7-11(12)16)14(19)21-8-13(18)17-5-6-20-2/h3-4,7,9H,5-6,8H2,1-2H3,(H,17,18). The number of halogens is 2. The van der Waals surface area contributed by atoms with Crippen LogP contribution >= 0.6 is 23.2 Å². The van der Waals surface area contributed by atoms with Crippen molar-refractivity contribution in [3.05, 3.63) is 28.2 Å². The smallest absolute Gasteiger partial charge is 0.347 e. The van der Waals surface area contributed by atoms with Crippen molar-refractivity contribution >= 4 is 35.1 Å². The summed E-state index contributed by atoms with van der Waals surface area (Å²) in [6, 6.07) is 4.63. The minimum atomic E-state index is -0.912. The van der Waals surface area contributed by atoms with Crippen molar-refractivity contribution < 1.29 is 23.8 Å². The van der Waals surface area contributed by atoms with Crippen LogP contribution in [0.3, 0.4) is 0 Å². The number of esters is 1. The molecule has 0 heterocycles. The number of hydrogen-bond acceptors (Lipinski definition) is 5. The van der Waals surface area contributed by atoms with E-state index in [0.717, 1.165) is 0 Å². The van der Waals surface area contributed by atoms with Crippen LogP contribution in [0.4, 0.5) is 0 Å². The van der Waals surface area contributed by atoms with E-state index in [9.17, 15) is 9.59 Å². The summed E-state index contributed by atoms with van der Waals surface area (Å²) in [5.74, 6) is -0.782. The Kier molecular flexibility index (Phi) is 8.01. The number of carbonyl (C=O) groups is 2. The Bertz CT molecular complexity index is 524. The number of methoxy groups -OCH3 is 1. The van der Waals surface area contributed by atoms with E-state index in [4.69, 9.17) is 37.4 Å². The van der Waals surface area contributed by atoms with Gasteiger partial charge in [-0.05, 0) is 25.1 Å². The molecule has 1 N–H and O–H groups in total. The van der Waals surface area contributed by atoms with Gasteiger partial charge in [0, 0.05) is 18.7 Å². The van der Waals surface area contributed by atoms with Crippen molar-refractivity contribution in [3.63, 3.8) is 0 Å². The van der Waals surface area contributed by atoms with Crippen LogP contribution in [0, 0.1) is 0 Å². The predicted octanol–water partition coefficient (Wildman–Crippen LogP) is 2.07. The molecule has 0 radical (unpaired) electrons. The fourth-order valence-electron chi connectivity index (χ4n) is 1.41. The second kappa shape index (κ2) is 9.50. The SMILES string of the molecule is COCCNC(=O)COC(=O)C(C)Oc1ccc(Cl)cc1Cl. The second-order valence-corrected chi connectivity index (χ2v) is 5.13. The Morgan fingerprint density at radius 2 is 2.05 bits per heavy atom. The maximum absolute atomic E-state index is 11.7. The first-order valence-electron chi connectivity index (χ1n) is 6.48. The quantitative estimate of drug-likeness (QED) is 0.574. The molecule has 0 aliphatic heterocycles. The van der Waals surface area contributed by atoms with Gasteiger partial charge in [0.25, 0.3) is 5.91 Å². The third-order valence-electron chi connectivity index (χ3n) is 2.50. The van der Waals surface area contributed by atoms with Crippen LogP contribution in [-0.4, -0.2) is 44.8 Å². The van der Waals surface area contributed by atoms with Crippen molar-refractivity contribution in [1.29, 1.82) is 0 Å². The summed E-state index contributed by atoms with van der Waals surface area (Å²) in [5.41, 5.74) is 0. The molecule has 1 unspecified atom stereocenters. The topological polar surface area (TPSA) is 73.9 Å². The van der Waals surface area contributed by atoms with Gasteiger partial charge in [0.15, 0.2) is 12.7 Å². The molecule has 1 rings (SSSR count). The zero-order valence-electron chi connectivity index (χ0n) is 12.2. The van der Waals surface area contributed by atoms with E-state index in [1.807, 2.05) is 0 Å². The predicted molar refractivity (Wildman–Crippen MR) is 82.4 cm³/mol. The van der Waals surface area contributed by atoms with Gasteiger partial charge in [-0.15, -0.1) is 0 Å². The molecule has 1 atom stereocenters. The second-order valence-electron chi connectivity index (χ2n) is 4.29. The van der Waals surface area contributed by atoms with Crippen LogP contribution in [0.1, 0.15) is 6.92 Å². The van der Waals surface area contributed by atoms with Crippen LogP contribution < -0.4 is 10.1 Å². The zero-order chi connectivity index (χ0) is 16.5. The number of amides is 1. The van der Waals surface area contributed by atoms with Crippen molar-refractivity contribution in [3.8, 4) is 5.75 Å². The summed E-state index contributed by atoms with van der Waals surface area (Å²) in [6.45, 7) is 1.84. The zero-order valence-corrected chi connectivity index (χ0v) is 13.7. The third-order valence-corrected chi connectivity index (χ3v) is 3.03. The minimum Gasteiger partial charge on any atom is -0.477 e. The van der Waals surface area contributed by atoms with Crippen LogP contribution in [0.15, 0.2) is 18.2 Å². The summed E-state index contributed by atoms with van der Waals surface area (Å²) in [7, 11) is 1.52. The number of carbonyl (C=O) groups excluding carboxylic acids is 2. The van der Waals surface area contributed by atoms with E-state index in [-0.39, 0.29) is 11.6 Å². The van der Waals surface area contributed by atoms with Gasteiger partial charge in [-0.2, -0.15) is 0 Å². The number of rotatable bonds is 8. The van der Waals surface area contributed by atoms with Gasteiger partial charge in [-0.1, -0.05) is 23.2 Å². The molecule has 0 aromatic heterocycles. The van der Waals surface area contributed by atoms with Crippen LogP contribution in [0.5, 0.6) is 5.75 Å². The molecule has 122 valence electrons. The first kappa shape index (κ1) is 18.5. The average Bonchev–Trinajstić information content (AvgIpc) is 2.47. The Hall–Kier alpha value is -1.50. The highest BCUT2D eigenvalue weighted by atomic mass is 35.5. The molecular formula is C14H17Cl2NO5. The van der Waals surface area contributed by atoms with E-state index in [2.05, 4.69) is 5.32 Å². The number of hydrogen-bond donors (Lipinski definition) is 1. The number of nitrogens with one attached hydrogen (secondary N) is 1. The molecule has 6 nitrogen and oxygen atoms in total. The Balaban J connectivity index is 2.40. The van der Waals surface area contributed by atoms with Gasteiger partial charge in [0.2, 0.25) is 0 Å². The normalized spacial score (nSPS) is 11.6. The molecule has 0 fully saturated rings. The van der Waals surface area contributed by atoms with Gasteiger partial charge < -0.3 is 19.5 Å². The molecule has 8 heteroatoms. The van der Waals surface area contributed by atoms with Gasteiger partial charge in [0.1, 0.15) is 5.75 Å².